The predicted octanol–water partition coefficient (Wildman–Crippen LogP) is 4.18. The van der Waals surface area contributed by atoms with Gasteiger partial charge in [-0.3, -0.25) is 4.79 Å². The number of benzene rings is 1. The highest BCUT2D eigenvalue weighted by Gasteiger charge is 2.34. The van der Waals surface area contributed by atoms with Gasteiger partial charge in [0.1, 0.15) is 17.4 Å². The van der Waals surface area contributed by atoms with Crippen LogP contribution in [0.2, 0.25) is 0 Å². The number of rotatable bonds is 7. The minimum atomic E-state index is 0.200. The van der Waals surface area contributed by atoms with Gasteiger partial charge in [-0.1, -0.05) is 18.2 Å². The fourth-order valence-corrected chi connectivity index (χ4v) is 3.30. The number of aromatic nitrogens is 1. The Morgan fingerprint density at radius 2 is 2.12 bits per heavy atom. The highest BCUT2D eigenvalue weighted by atomic mass is 32.1. The quantitative estimate of drug-likeness (QED) is 0.757. The van der Waals surface area contributed by atoms with Crippen molar-refractivity contribution in [3.8, 4) is 5.75 Å². The molecular weight excluding hydrogens is 320 g/mol. The van der Waals surface area contributed by atoms with Crippen LogP contribution >= 0.6 is 11.3 Å². The minimum absolute atomic E-state index is 0.200. The molecule has 0 saturated heterocycles. The predicted molar refractivity (Wildman–Crippen MR) is 96.0 cm³/mol. The van der Waals surface area contributed by atoms with E-state index in [1.807, 2.05) is 41.5 Å². The molecule has 4 nitrogen and oxygen atoms in total. The summed E-state index contributed by atoms with van der Waals surface area (Å²) in [6.45, 7) is 7.22. The Kier molecular flexibility index (Phi) is 5.19. The van der Waals surface area contributed by atoms with Gasteiger partial charge in [0.15, 0.2) is 0 Å². The number of hydrogen-bond acceptors (Lipinski definition) is 4. The van der Waals surface area contributed by atoms with Crippen molar-refractivity contribution in [2.75, 3.05) is 0 Å². The lowest BCUT2D eigenvalue weighted by molar-refractivity contribution is -0.135. The van der Waals surface area contributed by atoms with E-state index in [-0.39, 0.29) is 17.9 Å². The minimum Gasteiger partial charge on any atom is -0.486 e. The summed E-state index contributed by atoms with van der Waals surface area (Å²) in [7, 11) is 0. The van der Waals surface area contributed by atoms with Crippen molar-refractivity contribution in [2.24, 2.45) is 5.92 Å². The number of para-hydroxylation sites is 1. The van der Waals surface area contributed by atoms with Crippen molar-refractivity contribution in [3.05, 3.63) is 45.9 Å². The summed E-state index contributed by atoms with van der Waals surface area (Å²) in [5, 5.41) is 2.97. The first-order valence-corrected chi connectivity index (χ1v) is 9.34. The lowest BCUT2D eigenvalue weighted by atomic mass is 10.2. The maximum Gasteiger partial charge on any atom is 0.226 e. The molecule has 1 aliphatic carbocycles. The Hall–Kier alpha value is -1.88. The molecule has 1 aromatic carbocycles. The van der Waals surface area contributed by atoms with Crippen LogP contribution in [-0.2, 0) is 17.9 Å². The SMILES string of the molecule is Cc1ccccc1OCc1nc(CN(C(=O)C2CC2)C(C)C)cs1. The second-order valence-corrected chi connectivity index (χ2v) is 7.56. The highest BCUT2D eigenvalue weighted by molar-refractivity contribution is 7.09. The molecule has 5 heteroatoms. The number of carbonyl (C=O) groups excluding carboxylic acids is 1. The number of hydrogen-bond donors (Lipinski definition) is 0. The average molecular weight is 344 g/mol. The van der Waals surface area contributed by atoms with Gasteiger partial charge in [-0.05, 0) is 45.2 Å². The van der Waals surface area contributed by atoms with Crippen LogP contribution in [0.1, 0.15) is 43.0 Å². The van der Waals surface area contributed by atoms with Crippen LogP contribution in [0, 0.1) is 12.8 Å². The number of amides is 1. The van der Waals surface area contributed by atoms with Crippen molar-refractivity contribution < 1.29 is 9.53 Å². The topological polar surface area (TPSA) is 42.4 Å². The molecule has 1 amide bonds. The second kappa shape index (κ2) is 7.34. The zero-order valence-corrected chi connectivity index (χ0v) is 15.3. The summed E-state index contributed by atoms with van der Waals surface area (Å²) >= 11 is 1.59. The lowest BCUT2D eigenvalue weighted by Gasteiger charge is -2.26. The van der Waals surface area contributed by atoms with E-state index in [1.165, 1.54) is 0 Å². The molecule has 1 saturated carbocycles. The van der Waals surface area contributed by atoms with Gasteiger partial charge in [-0.2, -0.15) is 0 Å². The third-order valence-electron chi connectivity index (χ3n) is 4.21. The second-order valence-electron chi connectivity index (χ2n) is 6.62. The summed E-state index contributed by atoms with van der Waals surface area (Å²) < 4.78 is 5.85. The average Bonchev–Trinajstić information content (AvgIpc) is 3.31. The van der Waals surface area contributed by atoms with Crippen LogP contribution in [0.15, 0.2) is 29.6 Å². The molecule has 0 spiro atoms. The van der Waals surface area contributed by atoms with Crippen LogP contribution in [0.5, 0.6) is 5.75 Å². The molecule has 0 atom stereocenters. The van der Waals surface area contributed by atoms with Crippen LogP contribution in [0.4, 0.5) is 0 Å². The molecular formula is C19H24N2O2S. The van der Waals surface area contributed by atoms with Gasteiger partial charge in [0.25, 0.3) is 0 Å². The number of thiazole rings is 1. The number of carbonyl (C=O) groups is 1. The van der Waals surface area contributed by atoms with Gasteiger partial charge < -0.3 is 9.64 Å². The van der Waals surface area contributed by atoms with Gasteiger partial charge in [-0.15, -0.1) is 11.3 Å². The van der Waals surface area contributed by atoms with Gasteiger partial charge in [0, 0.05) is 17.3 Å². The van der Waals surface area contributed by atoms with E-state index in [4.69, 9.17) is 4.74 Å². The fraction of sp³-hybridized carbons (Fsp3) is 0.474. The third-order valence-corrected chi connectivity index (χ3v) is 5.08. The molecule has 24 heavy (non-hydrogen) atoms. The van der Waals surface area contributed by atoms with Crippen molar-refractivity contribution in [2.45, 2.75) is 52.8 Å². The van der Waals surface area contributed by atoms with E-state index in [2.05, 4.69) is 18.8 Å². The zero-order valence-electron chi connectivity index (χ0n) is 14.5. The molecule has 0 aliphatic heterocycles. The normalized spacial score (nSPS) is 14.0. The van der Waals surface area contributed by atoms with Gasteiger partial charge in [0.2, 0.25) is 5.91 Å². The number of aryl methyl sites for hydroxylation is 1. The molecule has 3 rings (SSSR count). The van der Waals surface area contributed by atoms with Crippen LogP contribution in [0.25, 0.3) is 0 Å². The summed E-state index contributed by atoms with van der Waals surface area (Å²) in [5.74, 6) is 1.41. The monoisotopic (exact) mass is 344 g/mol. The molecule has 1 aromatic heterocycles. The molecule has 0 radical (unpaired) electrons. The molecule has 0 bridgehead atoms. The van der Waals surface area contributed by atoms with E-state index in [9.17, 15) is 4.79 Å². The molecule has 0 N–H and O–H groups in total. The molecule has 2 aromatic rings. The Morgan fingerprint density at radius 3 is 2.79 bits per heavy atom. The van der Waals surface area contributed by atoms with E-state index >= 15 is 0 Å². The number of ether oxygens (including phenoxy) is 1. The first kappa shape index (κ1) is 17.0. The first-order chi connectivity index (χ1) is 11.5. The molecule has 0 unspecified atom stereocenters. The largest absolute Gasteiger partial charge is 0.486 e. The van der Waals surface area contributed by atoms with Crippen molar-refractivity contribution in [1.29, 1.82) is 0 Å². The van der Waals surface area contributed by atoms with Crippen LogP contribution < -0.4 is 4.74 Å². The Balaban J connectivity index is 1.60. The standard InChI is InChI=1S/C19H24N2O2S/c1-13(2)21(19(22)15-8-9-15)10-16-12-24-18(20-16)11-23-17-7-5-4-6-14(17)3/h4-7,12-13,15H,8-11H2,1-3H3. The van der Waals surface area contributed by atoms with Crippen molar-refractivity contribution in [1.82, 2.24) is 9.88 Å². The maximum absolute atomic E-state index is 12.4. The Bertz CT molecular complexity index is 707. The lowest BCUT2D eigenvalue weighted by Crippen LogP contribution is -2.37. The van der Waals surface area contributed by atoms with Gasteiger partial charge in [0.05, 0.1) is 12.2 Å². The first-order valence-electron chi connectivity index (χ1n) is 8.47. The molecule has 1 heterocycles. The van der Waals surface area contributed by atoms with E-state index in [0.29, 0.717) is 13.2 Å². The molecule has 128 valence electrons. The number of nitrogens with zero attached hydrogens (tertiary/aromatic N) is 2. The zero-order chi connectivity index (χ0) is 17.1. The van der Waals surface area contributed by atoms with Gasteiger partial charge in [-0.25, -0.2) is 4.98 Å². The Labute approximate surface area is 147 Å². The molecule has 1 fully saturated rings. The Morgan fingerprint density at radius 1 is 1.38 bits per heavy atom. The van der Waals surface area contributed by atoms with Crippen molar-refractivity contribution in [3.63, 3.8) is 0 Å². The summed E-state index contributed by atoms with van der Waals surface area (Å²) in [4.78, 5) is 19.0. The van der Waals surface area contributed by atoms with Crippen LogP contribution in [0.3, 0.4) is 0 Å². The van der Waals surface area contributed by atoms with E-state index in [0.717, 1.165) is 34.9 Å². The van der Waals surface area contributed by atoms with Crippen molar-refractivity contribution >= 4 is 17.2 Å². The summed E-state index contributed by atoms with van der Waals surface area (Å²) in [6, 6.07) is 8.18. The van der Waals surface area contributed by atoms with E-state index in [1.54, 1.807) is 11.3 Å². The van der Waals surface area contributed by atoms with Crippen LogP contribution in [-0.4, -0.2) is 21.8 Å². The van der Waals surface area contributed by atoms with E-state index < -0.39 is 0 Å². The molecule has 1 aliphatic rings. The fourth-order valence-electron chi connectivity index (χ4n) is 2.60. The smallest absolute Gasteiger partial charge is 0.226 e. The summed E-state index contributed by atoms with van der Waals surface area (Å²) in [6.07, 6.45) is 2.07. The maximum atomic E-state index is 12.4. The highest BCUT2D eigenvalue weighted by Crippen LogP contribution is 2.32. The summed E-state index contributed by atoms with van der Waals surface area (Å²) in [5.41, 5.74) is 2.07. The van der Waals surface area contributed by atoms with Gasteiger partial charge >= 0.3 is 0 Å². The third kappa shape index (κ3) is 4.15.